The number of phenols is 1. The van der Waals surface area contributed by atoms with Gasteiger partial charge in [-0.15, -0.1) is 0 Å². The van der Waals surface area contributed by atoms with Crippen LogP contribution in [0.3, 0.4) is 0 Å². The van der Waals surface area contributed by atoms with Crippen LogP contribution in [0, 0.1) is 0 Å². The van der Waals surface area contributed by atoms with Gasteiger partial charge in [-0.3, -0.25) is 0 Å². The molecule has 0 saturated carbocycles. The van der Waals surface area contributed by atoms with Gasteiger partial charge in [0.25, 0.3) is 6.43 Å². The third-order valence-electron chi connectivity index (χ3n) is 3.09. The normalized spacial score (nSPS) is 10.8. The minimum Gasteiger partial charge on any atom is -0.508 e. The Bertz CT molecular complexity index is 640. The zero-order chi connectivity index (χ0) is 16.3. The number of phenolic OH excluding ortho intramolecular Hbond substituents is 1. The molecule has 0 radical (unpaired) electrons. The van der Waals surface area contributed by atoms with Gasteiger partial charge in [-0.1, -0.05) is 23.7 Å². The standard InChI is InChI=1S/C15H15ClF2N2O2/c1-20(19)13-4-2-3-10(15(17)18)11(13)8-22-14-6-5-9(21)7-12(14)16/h2-7,15,21H,8,19H2,1H3. The van der Waals surface area contributed by atoms with Crippen LogP contribution in [0.15, 0.2) is 36.4 Å². The molecule has 0 aromatic heterocycles. The van der Waals surface area contributed by atoms with Crippen molar-refractivity contribution in [3.8, 4) is 11.5 Å². The lowest BCUT2D eigenvalue weighted by molar-refractivity contribution is 0.148. The number of anilines is 1. The van der Waals surface area contributed by atoms with E-state index in [4.69, 9.17) is 22.2 Å². The van der Waals surface area contributed by atoms with Gasteiger partial charge in [0.15, 0.2) is 0 Å². The van der Waals surface area contributed by atoms with E-state index in [1.165, 1.54) is 35.3 Å². The zero-order valence-electron chi connectivity index (χ0n) is 11.8. The first-order valence-electron chi connectivity index (χ1n) is 6.40. The van der Waals surface area contributed by atoms with Crippen molar-refractivity contribution in [1.82, 2.24) is 0 Å². The summed E-state index contributed by atoms with van der Waals surface area (Å²) in [6, 6.07) is 8.64. The highest BCUT2D eigenvalue weighted by atomic mass is 35.5. The number of benzene rings is 2. The fourth-order valence-electron chi connectivity index (χ4n) is 2.04. The Morgan fingerprint density at radius 1 is 1.32 bits per heavy atom. The monoisotopic (exact) mass is 328 g/mol. The topological polar surface area (TPSA) is 58.7 Å². The first-order valence-corrected chi connectivity index (χ1v) is 6.77. The molecule has 4 nitrogen and oxygen atoms in total. The van der Waals surface area contributed by atoms with E-state index in [2.05, 4.69) is 0 Å². The lowest BCUT2D eigenvalue weighted by Crippen LogP contribution is -2.27. The molecule has 2 aromatic carbocycles. The summed E-state index contributed by atoms with van der Waals surface area (Å²) in [5, 5.41) is 10.7. The highest BCUT2D eigenvalue weighted by Gasteiger charge is 2.18. The molecule has 2 rings (SSSR count). The van der Waals surface area contributed by atoms with Crippen LogP contribution in [-0.2, 0) is 6.61 Å². The molecular formula is C15H15ClF2N2O2. The number of nitrogens with zero attached hydrogens (tertiary/aromatic N) is 1. The van der Waals surface area contributed by atoms with E-state index in [1.54, 1.807) is 13.1 Å². The molecule has 0 atom stereocenters. The van der Waals surface area contributed by atoms with Crippen LogP contribution < -0.4 is 15.6 Å². The summed E-state index contributed by atoms with van der Waals surface area (Å²) in [4.78, 5) is 0. The van der Waals surface area contributed by atoms with E-state index in [0.29, 0.717) is 5.69 Å². The average molecular weight is 329 g/mol. The fraction of sp³-hybridized carbons (Fsp3) is 0.200. The van der Waals surface area contributed by atoms with Gasteiger partial charge in [-0.25, -0.2) is 14.6 Å². The molecule has 3 N–H and O–H groups in total. The molecule has 0 saturated heterocycles. The van der Waals surface area contributed by atoms with E-state index in [0.717, 1.165) is 0 Å². The largest absolute Gasteiger partial charge is 0.508 e. The number of ether oxygens (including phenoxy) is 1. The smallest absolute Gasteiger partial charge is 0.264 e. The summed E-state index contributed by atoms with van der Waals surface area (Å²) in [6.07, 6.45) is -2.64. The van der Waals surface area contributed by atoms with E-state index < -0.39 is 6.43 Å². The molecule has 22 heavy (non-hydrogen) atoms. The lowest BCUT2D eigenvalue weighted by atomic mass is 10.1. The van der Waals surface area contributed by atoms with Gasteiger partial charge in [0, 0.05) is 24.2 Å². The first-order chi connectivity index (χ1) is 10.4. The van der Waals surface area contributed by atoms with Crippen LogP contribution in [0.5, 0.6) is 11.5 Å². The third-order valence-corrected chi connectivity index (χ3v) is 3.39. The van der Waals surface area contributed by atoms with Crippen LogP contribution in [0.25, 0.3) is 0 Å². The molecule has 0 bridgehead atoms. The molecule has 0 spiro atoms. The third kappa shape index (κ3) is 3.58. The Morgan fingerprint density at radius 3 is 2.64 bits per heavy atom. The molecule has 0 amide bonds. The number of nitrogens with two attached hydrogens (primary N) is 1. The Morgan fingerprint density at radius 2 is 2.05 bits per heavy atom. The SMILES string of the molecule is CN(N)c1cccc(C(F)F)c1COc1ccc(O)cc1Cl. The van der Waals surface area contributed by atoms with Gasteiger partial charge < -0.3 is 14.9 Å². The molecule has 0 aliphatic heterocycles. The molecule has 118 valence electrons. The van der Waals surface area contributed by atoms with Crippen LogP contribution >= 0.6 is 11.6 Å². The maximum atomic E-state index is 13.2. The van der Waals surface area contributed by atoms with Crippen molar-refractivity contribution in [3.63, 3.8) is 0 Å². The average Bonchev–Trinajstić information content (AvgIpc) is 2.45. The molecule has 2 aromatic rings. The highest BCUT2D eigenvalue weighted by Crippen LogP contribution is 2.33. The zero-order valence-corrected chi connectivity index (χ0v) is 12.5. The van der Waals surface area contributed by atoms with Crippen molar-refractivity contribution < 1.29 is 18.6 Å². The Hall–Kier alpha value is -2.05. The number of hydrogen-bond acceptors (Lipinski definition) is 4. The number of hydrazine groups is 1. The van der Waals surface area contributed by atoms with Gasteiger partial charge in [0.1, 0.15) is 18.1 Å². The second-order valence-corrected chi connectivity index (χ2v) is 5.07. The minimum atomic E-state index is -2.64. The number of rotatable bonds is 5. The van der Waals surface area contributed by atoms with Gasteiger partial charge in [-0.05, 0) is 18.2 Å². The summed E-state index contributed by atoms with van der Waals surface area (Å²) in [5.74, 6) is 5.96. The van der Waals surface area contributed by atoms with Crippen LogP contribution in [0.2, 0.25) is 5.02 Å². The molecule has 0 heterocycles. The van der Waals surface area contributed by atoms with Gasteiger partial charge in [0.2, 0.25) is 0 Å². The van der Waals surface area contributed by atoms with E-state index >= 15 is 0 Å². The van der Waals surface area contributed by atoms with Crippen LogP contribution in [0.4, 0.5) is 14.5 Å². The van der Waals surface area contributed by atoms with E-state index in [1.807, 2.05) is 0 Å². The highest BCUT2D eigenvalue weighted by molar-refractivity contribution is 6.32. The summed E-state index contributed by atoms with van der Waals surface area (Å²) in [6.45, 7) is -0.123. The van der Waals surface area contributed by atoms with Crippen molar-refractivity contribution in [2.45, 2.75) is 13.0 Å². The van der Waals surface area contributed by atoms with Crippen molar-refractivity contribution in [2.24, 2.45) is 5.84 Å². The summed E-state index contributed by atoms with van der Waals surface area (Å²) in [5.41, 5.74) is 0.573. The second-order valence-electron chi connectivity index (χ2n) is 4.66. The number of hydrogen-bond donors (Lipinski definition) is 2. The quantitative estimate of drug-likeness (QED) is 0.646. The predicted molar refractivity (Wildman–Crippen MR) is 81.4 cm³/mol. The molecule has 0 aliphatic carbocycles. The Labute approximate surface area is 131 Å². The van der Waals surface area contributed by atoms with Gasteiger partial charge in [-0.2, -0.15) is 0 Å². The van der Waals surface area contributed by atoms with Crippen molar-refractivity contribution in [1.29, 1.82) is 0 Å². The Kier molecular flexibility index (Phi) is 5.05. The fourth-order valence-corrected chi connectivity index (χ4v) is 2.27. The van der Waals surface area contributed by atoms with E-state index in [-0.39, 0.29) is 34.3 Å². The predicted octanol–water partition coefficient (Wildman–Crippen LogP) is 3.87. The molecular weight excluding hydrogens is 314 g/mol. The van der Waals surface area contributed by atoms with Crippen molar-refractivity contribution in [2.75, 3.05) is 12.1 Å². The first kappa shape index (κ1) is 16.3. The summed E-state index contributed by atoms with van der Waals surface area (Å²) >= 11 is 5.93. The maximum absolute atomic E-state index is 13.2. The lowest BCUT2D eigenvalue weighted by Gasteiger charge is -2.20. The minimum absolute atomic E-state index is 0.00675. The second kappa shape index (κ2) is 6.81. The van der Waals surface area contributed by atoms with Crippen LogP contribution in [-0.4, -0.2) is 12.2 Å². The summed E-state index contributed by atoms with van der Waals surface area (Å²) in [7, 11) is 1.56. The molecule has 0 unspecified atom stereocenters. The summed E-state index contributed by atoms with van der Waals surface area (Å²) < 4.78 is 31.8. The molecule has 0 aliphatic rings. The number of halogens is 3. The van der Waals surface area contributed by atoms with Crippen molar-refractivity contribution >= 4 is 17.3 Å². The molecule has 7 heteroatoms. The van der Waals surface area contributed by atoms with Gasteiger partial charge >= 0.3 is 0 Å². The van der Waals surface area contributed by atoms with Crippen molar-refractivity contribution in [3.05, 3.63) is 52.5 Å². The van der Waals surface area contributed by atoms with Gasteiger partial charge in [0.05, 0.1) is 10.7 Å². The maximum Gasteiger partial charge on any atom is 0.264 e. The number of alkyl halides is 2. The van der Waals surface area contributed by atoms with Crippen LogP contribution in [0.1, 0.15) is 17.6 Å². The molecule has 0 fully saturated rings. The van der Waals surface area contributed by atoms with E-state index in [9.17, 15) is 13.9 Å². The Balaban J connectivity index is 2.31. The number of aromatic hydroxyl groups is 1.